The Morgan fingerprint density at radius 1 is 0.714 bits per heavy atom. The minimum absolute atomic E-state index is 0.509. The second-order valence-corrected chi connectivity index (χ2v) is 10.5. The van der Waals surface area contributed by atoms with Crippen LogP contribution in [0.15, 0.2) is 60.7 Å². The van der Waals surface area contributed by atoms with Gasteiger partial charge in [-0.1, -0.05) is 0 Å². The molecule has 2 rings (SSSR count). The molecule has 14 heavy (non-hydrogen) atoms. The van der Waals surface area contributed by atoms with Gasteiger partial charge in [-0.3, -0.25) is 0 Å². The maximum absolute atomic E-state index is 2.26. The van der Waals surface area contributed by atoms with Crippen LogP contribution in [0.1, 0.15) is 0 Å². The fourth-order valence-electron chi connectivity index (χ4n) is 1.10. The normalized spacial score (nSPS) is 10.6. The molecule has 2 aromatic rings. The Balaban J connectivity index is 2.16. The molecule has 0 bridgehead atoms. The van der Waals surface area contributed by atoms with Crippen LogP contribution in [0.3, 0.4) is 0 Å². The zero-order valence-corrected chi connectivity index (χ0v) is 12.0. The van der Waals surface area contributed by atoms with Gasteiger partial charge in [0, 0.05) is 0 Å². The molecule has 2 heteroatoms. The van der Waals surface area contributed by atoms with E-state index in [0.717, 1.165) is 0 Å². The van der Waals surface area contributed by atoms with Gasteiger partial charge in [0.15, 0.2) is 0 Å². The fourth-order valence-corrected chi connectivity index (χ4v) is 8.25. The quantitative estimate of drug-likeness (QED) is 0.542. The van der Waals surface area contributed by atoms with Gasteiger partial charge in [-0.15, -0.1) is 0 Å². The van der Waals surface area contributed by atoms with Gasteiger partial charge in [0.1, 0.15) is 0 Å². The van der Waals surface area contributed by atoms with Crippen molar-refractivity contribution in [2.75, 3.05) is 0 Å². The van der Waals surface area contributed by atoms with E-state index in [1.165, 1.54) is 5.30 Å². The molecule has 0 unspecified atom stereocenters. The van der Waals surface area contributed by atoms with Crippen molar-refractivity contribution in [3.05, 3.63) is 60.7 Å². The van der Waals surface area contributed by atoms with Crippen molar-refractivity contribution in [1.82, 2.24) is 0 Å². The third kappa shape index (κ3) is 3.08. The average molecular weight is 394 g/mol. The van der Waals surface area contributed by atoms with Crippen LogP contribution in [0.4, 0.5) is 0 Å². The van der Waals surface area contributed by atoms with Gasteiger partial charge in [0.2, 0.25) is 0 Å². The fraction of sp³-hybridized carbons (Fsp3) is 0. The van der Waals surface area contributed by atoms with Crippen LogP contribution in [-0.4, -0.2) is 22.1 Å². The molecule has 0 aromatic heterocycles. The van der Waals surface area contributed by atoms with Crippen molar-refractivity contribution >= 4 is 36.1 Å². The molecule has 0 amide bonds. The summed E-state index contributed by atoms with van der Waals surface area (Å²) in [6.45, 7) is 0. The Labute approximate surface area is 96.4 Å². The van der Waals surface area contributed by atoms with E-state index >= 15 is 0 Å². The van der Waals surface area contributed by atoms with Gasteiger partial charge >= 0.3 is 96.8 Å². The number of hydrogen-bond acceptors (Lipinski definition) is 0. The molecule has 0 atom stereocenters. The molecule has 0 heterocycles. The summed E-state index contributed by atoms with van der Waals surface area (Å²) >= 11 is -0.509. The third-order valence-corrected chi connectivity index (χ3v) is 10.4. The third-order valence-electron chi connectivity index (χ3n) is 1.79. The van der Waals surface area contributed by atoms with Crippen LogP contribution < -0.4 is 8.58 Å². The summed E-state index contributed by atoms with van der Waals surface area (Å²) in [7, 11) is 0. The molecule has 0 aliphatic carbocycles. The molecule has 0 aliphatic rings. The molecule has 0 spiro atoms. The summed E-state index contributed by atoms with van der Waals surface area (Å²) in [4.78, 5) is 0. The summed E-state index contributed by atoms with van der Waals surface area (Å²) in [6, 6.07) is 21.6. The minimum atomic E-state index is -0.509. The first-order valence-corrected chi connectivity index (χ1v) is 11.7. The van der Waals surface area contributed by atoms with Gasteiger partial charge < -0.3 is 0 Å². The molecule has 0 fully saturated rings. The Morgan fingerprint density at radius 2 is 1.29 bits per heavy atom. The van der Waals surface area contributed by atoms with Crippen LogP contribution in [0.5, 0.6) is 0 Å². The van der Waals surface area contributed by atoms with Crippen molar-refractivity contribution < 1.29 is 0 Å². The molecule has 0 nitrogen and oxygen atoms in total. The monoisotopic (exact) mass is 394 g/mol. The first-order chi connectivity index (χ1) is 6.95. The Morgan fingerprint density at radius 3 is 1.93 bits per heavy atom. The number of rotatable bonds is 2. The zero-order chi connectivity index (χ0) is 9.64. The molecule has 0 saturated carbocycles. The van der Waals surface area contributed by atoms with Crippen molar-refractivity contribution in [2.45, 2.75) is 0 Å². The Bertz CT molecular complexity index is 367. The second-order valence-electron chi connectivity index (χ2n) is 2.87. The van der Waals surface area contributed by atoms with Gasteiger partial charge in [0.05, 0.1) is 0 Å². The van der Waals surface area contributed by atoms with Gasteiger partial charge in [-0.2, -0.15) is 0 Å². The first-order valence-electron chi connectivity index (χ1n) is 4.47. The molecular formula is C12H10BiP. The summed E-state index contributed by atoms with van der Waals surface area (Å²) in [5.74, 6) is 0. The summed E-state index contributed by atoms with van der Waals surface area (Å²) in [6.07, 6.45) is 0. The van der Waals surface area contributed by atoms with Crippen molar-refractivity contribution in [1.29, 1.82) is 0 Å². The summed E-state index contributed by atoms with van der Waals surface area (Å²) in [5, 5.41) is 3.02. The number of hydrogen-bond donors (Lipinski definition) is 0. The first kappa shape index (κ1) is 10.2. The SMILES string of the molecule is c1ccc([P]=[Bi][c]2ccccc2)cc1. The van der Waals surface area contributed by atoms with Crippen LogP contribution in [0, 0.1) is 0 Å². The molecule has 0 radical (unpaired) electrons. The number of benzene rings is 2. The summed E-state index contributed by atoms with van der Waals surface area (Å²) < 4.78 is 1.58. The van der Waals surface area contributed by atoms with Crippen LogP contribution in [0.2, 0.25) is 0 Å². The van der Waals surface area contributed by atoms with Crippen molar-refractivity contribution in [3.63, 3.8) is 0 Å². The zero-order valence-electron chi connectivity index (χ0n) is 7.67. The van der Waals surface area contributed by atoms with Crippen LogP contribution >= 0.6 is 5.40 Å². The van der Waals surface area contributed by atoms with E-state index in [2.05, 4.69) is 60.7 Å². The van der Waals surface area contributed by atoms with E-state index in [1.807, 2.05) is 0 Å². The average Bonchev–Trinajstić information content (AvgIpc) is 2.29. The molecule has 0 saturated heterocycles. The van der Waals surface area contributed by atoms with Crippen LogP contribution in [-0.2, 0) is 0 Å². The van der Waals surface area contributed by atoms with E-state index in [1.54, 1.807) is 8.67 Å². The van der Waals surface area contributed by atoms with Crippen molar-refractivity contribution in [2.24, 2.45) is 0 Å². The topological polar surface area (TPSA) is 0 Å². The molecular weight excluding hydrogens is 384 g/mol. The maximum atomic E-state index is 2.26. The van der Waals surface area contributed by atoms with Gasteiger partial charge in [0.25, 0.3) is 0 Å². The van der Waals surface area contributed by atoms with Gasteiger partial charge in [-0.25, -0.2) is 0 Å². The Kier molecular flexibility index (Phi) is 3.98. The second kappa shape index (κ2) is 5.49. The molecule has 2 aromatic carbocycles. The predicted molar refractivity (Wildman–Crippen MR) is 64.8 cm³/mol. The van der Waals surface area contributed by atoms with E-state index in [0.29, 0.717) is 0 Å². The molecule has 0 N–H and O–H groups in total. The van der Waals surface area contributed by atoms with E-state index in [9.17, 15) is 0 Å². The Hall–Kier alpha value is -0.377. The van der Waals surface area contributed by atoms with Crippen LogP contribution in [0.25, 0.3) is 0 Å². The van der Waals surface area contributed by atoms with E-state index in [4.69, 9.17) is 0 Å². The summed E-state index contributed by atoms with van der Waals surface area (Å²) in [5.41, 5.74) is 0. The molecule has 68 valence electrons. The molecule has 0 aliphatic heterocycles. The van der Waals surface area contributed by atoms with E-state index in [-0.39, 0.29) is 0 Å². The standard InChI is InChI=1S/C6H5P.C6H5.Bi/c7-6-4-2-1-3-5-6;1-2-4-6-5-3-1;/h1-5H;1-5H;. The van der Waals surface area contributed by atoms with Crippen molar-refractivity contribution in [3.8, 4) is 0 Å². The van der Waals surface area contributed by atoms with E-state index < -0.39 is 22.1 Å². The predicted octanol–water partition coefficient (Wildman–Crippen LogP) is 2.20. The van der Waals surface area contributed by atoms with Gasteiger partial charge in [-0.05, 0) is 0 Å².